The molecule has 2 rings (SSSR count). The molecule has 0 bridgehead atoms. The number of aromatic nitrogens is 2. The Labute approximate surface area is 193 Å². The van der Waals surface area contributed by atoms with Gasteiger partial charge >= 0.3 is 5.69 Å². The van der Waals surface area contributed by atoms with E-state index in [0.717, 1.165) is 19.3 Å². The number of amides is 2. The van der Waals surface area contributed by atoms with E-state index >= 15 is 0 Å². The van der Waals surface area contributed by atoms with Crippen molar-refractivity contribution in [2.45, 2.75) is 53.0 Å². The summed E-state index contributed by atoms with van der Waals surface area (Å²) in [5.74, 6) is -0.317. The van der Waals surface area contributed by atoms with E-state index in [0.29, 0.717) is 30.3 Å². The van der Waals surface area contributed by atoms with Gasteiger partial charge < -0.3 is 21.7 Å². The summed E-state index contributed by atoms with van der Waals surface area (Å²) in [4.78, 5) is 52.8. The molecule has 2 amide bonds. The minimum absolute atomic E-state index is 0.0998. The third-order valence-electron chi connectivity index (χ3n) is 5.30. The van der Waals surface area contributed by atoms with Crippen molar-refractivity contribution in [1.82, 2.24) is 9.55 Å². The summed E-state index contributed by atoms with van der Waals surface area (Å²) < 4.78 is 1.38. The summed E-state index contributed by atoms with van der Waals surface area (Å²) in [7, 11) is 0. The first kappa shape index (κ1) is 25.7. The van der Waals surface area contributed by atoms with Gasteiger partial charge in [0.1, 0.15) is 11.5 Å². The van der Waals surface area contributed by atoms with E-state index < -0.39 is 17.2 Å². The Kier molecular flexibility index (Phi) is 9.26. The van der Waals surface area contributed by atoms with Crippen LogP contribution in [0.2, 0.25) is 0 Å². The van der Waals surface area contributed by atoms with Crippen molar-refractivity contribution in [3.05, 3.63) is 50.7 Å². The summed E-state index contributed by atoms with van der Waals surface area (Å²) in [5, 5.41) is 2.77. The Balaban J connectivity index is 2.21. The first-order valence-electron chi connectivity index (χ1n) is 11.2. The molecule has 0 saturated carbocycles. The van der Waals surface area contributed by atoms with Crippen LogP contribution in [0.15, 0.2) is 33.9 Å². The first-order valence-corrected chi connectivity index (χ1v) is 11.2. The summed E-state index contributed by atoms with van der Waals surface area (Å²) in [5.41, 5.74) is 11.5. The lowest BCUT2D eigenvalue weighted by Crippen LogP contribution is -2.40. The van der Waals surface area contributed by atoms with E-state index in [4.69, 9.17) is 11.5 Å². The van der Waals surface area contributed by atoms with E-state index in [-0.39, 0.29) is 30.4 Å². The third-order valence-corrected chi connectivity index (χ3v) is 5.30. The van der Waals surface area contributed by atoms with E-state index in [1.165, 1.54) is 16.7 Å². The zero-order valence-corrected chi connectivity index (χ0v) is 19.5. The minimum atomic E-state index is -0.559. The number of aromatic amines is 1. The van der Waals surface area contributed by atoms with Gasteiger partial charge in [-0.2, -0.15) is 0 Å². The number of nitrogens with one attached hydrogen (secondary N) is 2. The fraction of sp³-hybridized carbons (Fsp3) is 0.478. The van der Waals surface area contributed by atoms with Crippen molar-refractivity contribution in [3.63, 3.8) is 0 Å². The van der Waals surface area contributed by atoms with Crippen LogP contribution >= 0.6 is 0 Å². The standard InChI is InChI=1S/C23H34N6O4/c1-4-5-12-29-20(24)19(22(32)27-23(29)33)28(13-10-15(2)3)14-11-18(30)26-17-8-6-16(7-9-17)21(25)31/h6-9,15H,4-5,10-14,24H2,1-3H3,(H2,25,31)(H,26,30)(H,27,32,33). The molecule has 0 aliphatic carbocycles. The predicted molar refractivity (Wildman–Crippen MR) is 131 cm³/mol. The largest absolute Gasteiger partial charge is 0.383 e. The van der Waals surface area contributed by atoms with Crippen molar-refractivity contribution in [3.8, 4) is 0 Å². The topological polar surface area (TPSA) is 156 Å². The highest BCUT2D eigenvalue weighted by Gasteiger charge is 2.20. The van der Waals surface area contributed by atoms with E-state index in [1.54, 1.807) is 17.0 Å². The van der Waals surface area contributed by atoms with Gasteiger partial charge in [0.25, 0.3) is 5.56 Å². The maximum Gasteiger partial charge on any atom is 0.330 e. The van der Waals surface area contributed by atoms with Gasteiger partial charge in [-0.1, -0.05) is 27.2 Å². The second-order valence-corrected chi connectivity index (χ2v) is 8.41. The molecule has 1 heterocycles. The second-order valence-electron chi connectivity index (χ2n) is 8.41. The van der Waals surface area contributed by atoms with Gasteiger partial charge in [-0.15, -0.1) is 0 Å². The molecule has 1 aromatic carbocycles. The molecule has 10 heteroatoms. The van der Waals surface area contributed by atoms with Crippen LogP contribution in [0.5, 0.6) is 0 Å². The quantitative estimate of drug-likeness (QED) is 0.380. The van der Waals surface area contributed by atoms with Crippen molar-refractivity contribution < 1.29 is 9.59 Å². The van der Waals surface area contributed by atoms with Gasteiger partial charge in [0.15, 0.2) is 0 Å². The molecule has 33 heavy (non-hydrogen) atoms. The highest BCUT2D eigenvalue weighted by atomic mass is 16.2. The lowest BCUT2D eigenvalue weighted by atomic mass is 10.1. The number of hydrogen-bond donors (Lipinski definition) is 4. The Hall–Kier alpha value is -3.56. The minimum Gasteiger partial charge on any atom is -0.383 e. The molecule has 10 nitrogen and oxygen atoms in total. The molecule has 0 aliphatic heterocycles. The Morgan fingerprint density at radius 1 is 1.15 bits per heavy atom. The smallest absolute Gasteiger partial charge is 0.330 e. The molecule has 0 radical (unpaired) electrons. The number of nitrogens with two attached hydrogens (primary N) is 2. The molecule has 0 spiro atoms. The molecular formula is C23H34N6O4. The number of nitrogens with zero attached hydrogens (tertiary/aromatic N) is 2. The van der Waals surface area contributed by atoms with Gasteiger partial charge in [-0.05, 0) is 43.0 Å². The van der Waals surface area contributed by atoms with Crippen LogP contribution in [-0.4, -0.2) is 34.5 Å². The SMILES string of the molecule is CCCCn1c(N)c(N(CCC(=O)Nc2ccc(C(N)=O)cc2)CCC(C)C)c(=O)[nH]c1=O. The van der Waals surface area contributed by atoms with Crippen LogP contribution in [0.3, 0.4) is 0 Å². The zero-order chi connectivity index (χ0) is 24.5. The third kappa shape index (κ3) is 7.23. The molecule has 0 aliphatic rings. The highest BCUT2D eigenvalue weighted by molar-refractivity contribution is 5.94. The molecular weight excluding hydrogens is 424 g/mol. The molecule has 6 N–H and O–H groups in total. The summed E-state index contributed by atoms with van der Waals surface area (Å²) in [6, 6.07) is 6.26. The summed E-state index contributed by atoms with van der Waals surface area (Å²) >= 11 is 0. The van der Waals surface area contributed by atoms with Crippen LogP contribution in [0.25, 0.3) is 0 Å². The van der Waals surface area contributed by atoms with Crippen LogP contribution in [-0.2, 0) is 11.3 Å². The van der Waals surface area contributed by atoms with Crippen LogP contribution in [0.1, 0.15) is 56.8 Å². The second kappa shape index (κ2) is 11.9. The number of nitrogen functional groups attached to an aromatic ring is 1. The van der Waals surface area contributed by atoms with Crippen molar-refractivity contribution >= 4 is 29.0 Å². The number of rotatable bonds is 12. The maximum atomic E-state index is 12.7. The molecule has 1 aromatic heterocycles. The van der Waals surface area contributed by atoms with E-state index in [2.05, 4.69) is 24.1 Å². The monoisotopic (exact) mass is 458 g/mol. The normalized spacial score (nSPS) is 10.9. The molecule has 0 unspecified atom stereocenters. The lowest BCUT2D eigenvalue weighted by molar-refractivity contribution is -0.116. The average molecular weight is 459 g/mol. The lowest BCUT2D eigenvalue weighted by Gasteiger charge is -2.27. The van der Waals surface area contributed by atoms with E-state index in [1.807, 2.05) is 6.92 Å². The number of primary amides is 1. The Morgan fingerprint density at radius 2 is 1.82 bits per heavy atom. The number of carbonyl (C=O) groups excluding carboxylic acids is 2. The Bertz CT molecular complexity index is 1070. The zero-order valence-electron chi connectivity index (χ0n) is 19.5. The van der Waals surface area contributed by atoms with Crippen molar-refractivity contribution in [1.29, 1.82) is 0 Å². The number of unbranched alkanes of at least 4 members (excludes halogenated alkanes) is 1. The van der Waals surface area contributed by atoms with Crippen molar-refractivity contribution in [2.24, 2.45) is 11.7 Å². The van der Waals surface area contributed by atoms with Crippen LogP contribution in [0, 0.1) is 5.92 Å². The van der Waals surface area contributed by atoms with Crippen LogP contribution in [0.4, 0.5) is 17.2 Å². The fourth-order valence-electron chi connectivity index (χ4n) is 3.35. The van der Waals surface area contributed by atoms with E-state index in [9.17, 15) is 19.2 Å². The molecule has 0 saturated heterocycles. The predicted octanol–water partition coefficient (Wildman–Crippen LogP) is 1.90. The van der Waals surface area contributed by atoms with Gasteiger partial charge in [0, 0.05) is 37.3 Å². The highest BCUT2D eigenvalue weighted by Crippen LogP contribution is 2.19. The van der Waals surface area contributed by atoms with Crippen LogP contribution < -0.4 is 32.9 Å². The summed E-state index contributed by atoms with van der Waals surface area (Å²) in [6.45, 7) is 7.30. The fourth-order valence-corrected chi connectivity index (χ4v) is 3.35. The van der Waals surface area contributed by atoms with Crippen molar-refractivity contribution in [2.75, 3.05) is 29.0 Å². The van der Waals surface area contributed by atoms with Gasteiger partial charge in [0.2, 0.25) is 11.8 Å². The molecule has 2 aromatic rings. The molecule has 180 valence electrons. The first-order chi connectivity index (χ1) is 15.6. The van der Waals surface area contributed by atoms with Gasteiger partial charge in [0.05, 0.1) is 0 Å². The number of hydrogen-bond acceptors (Lipinski definition) is 6. The number of anilines is 3. The van der Waals surface area contributed by atoms with Gasteiger partial charge in [-0.3, -0.25) is 23.9 Å². The van der Waals surface area contributed by atoms with Gasteiger partial charge in [-0.25, -0.2) is 4.79 Å². The average Bonchev–Trinajstić information content (AvgIpc) is 2.75. The summed E-state index contributed by atoms with van der Waals surface area (Å²) in [6.07, 6.45) is 2.50. The number of H-pyrrole nitrogens is 1. The molecule has 0 atom stereocenters. The molecule has 0 fully saturated rings. The number of carbonyl (C=O) groups is 2. The maximum absolute atomic E-state index is 12.7. The number of benzene rings is 1. The Morgan fingerprint density at radius 3 is 2.39 bits per heavy atom.